The Bertz CT molecular complexity index is 881. The maximum absolute atomic E-state index is 12.9. The summed E-state index contributed by atoms with van der Waals surface area (Å²) in [5.74, 6) is 0.0716. The van der Waals surface area contributed by atoms with Gasteiger partial charge < -0.3 is 10.2 Å². The van der Waals surface area contributed by atoms with E-state index in [-0.39, 0.29) is 23.3 Å². The Balaban J connectivity index is 1.28. The van der Waals surface area contributed by atoms with Gasteiger partial charge in [-0.2, -0.15) is 5.10 Å². The topological polar surface area (TPSA) is 78.1 Å². The zero-order valence-electron chi connectivity index (χ0n) is 15.3. The lowest BCUT2D eigenvalue weighted by atomic mass is 9.82. The third-order valence-electron chi connectivity index (χ3n) is 6.52. The molecule has 6 nitrogen and oxygen atoms in total. The van der Waals surface area contributed by atoms with Gasteiger partial charge in [-0.25, -0.2) is 0 Å². The van der Waals surface area contributed by atoms with E-state index in [0.717, 1.165) is 55.3 Å². The number of nitrogens with zero attached hydrogens (tertiary/aromatic N) is 2. The average Bonchev–Trinajstić information content (AvgIpc) is 3.38. The number of fused-ring (bicyclic) bond motifs is 1. The fourth-order valence-corrected chi connectivity index (χ4v) is 4.95. The van der Waals surface area contributed by atoms with Gasteiger partial charge in [0.15, 0.2) is 5.69 Å². The number of aromatic amines is 1. The molecule has 1 spiro atoms. The Morgan fingerprint density at radius 2 is 1.93 bits per heavy atom. The number of benzene rings is 1. The second kappa shape index (κ2) is 6.22. The maximum Gasteiger partial charge on any atom is 0.274 e. The van der Waals surface area contributed by atoms with Gasteiger partial charge in [0.05, 0.1) is 5.92 Å². The van der Waals surface area contributed by atoms with Crippen molar-refractivity contribution < 1.29 is 9.59 Å². The smallest absolute Gasteiger partial charge is 0.274 e. The predicted molar refractivity (Wildman–Crippen MR) is 100 cm³/mol. The van der Waals surface area contributed by atoms with Crippen LogP contribution in [0.2, 0.25) is 0 Å². The zero-order valence-corrected chi connectivity index (χ0v) is 15.3. The van der Waals surface area contributed by atoms with E-state index in [9.17, 15) is 9.59 Å². The van der Waals surface area contributed by atoms with Crippen molar-refractivity contribution in [1.82, 2.24) is 20.4 Å². The van der Waals surface area contributed by atoms with Gasteiger partial charge in [0.2, 0.25) is 5.91 Å². The van der Waals surface area contributed by atoms with Crippen LogP contribution in [-0.2, 0) is 17.6 Å². The van der Waals surface area contributed by atoms with E-state index >= 15 is 0 Å². The highest BCUT2D eigenvalue weighted by molar-refractivity contribution is 5.94. The summed E-state index contributed by atoms with van der Waals surface area (Å²) in [6, 6.07) is 10.00. The highest BCUT2D eigenvalue weighted by atomic mass is 16.2. The average molecular weight is 364 g/mol. The third-order valence-corrected chi connectivity index (χ3v) is 6.52. The number of rotatable bonds is 2. The summed E-state index contributed by atoms with van der Waals surface area (Å²) in [6.45, 7) is 1.34. The van der Waals surface area contributed by atoms with E-state index in [2.05, 4.69) is 15.5 Å². The number of carbonyl (C=O) groups is 2. The summed E-state index contributed by atoms with van der Waals surface area (Å²) in [5, 5.41) is 10.6. The van der Waals surface area contributed by atoms with Gasteiger partial charge in [-0.05, 0) is 44.1 Å². The van der Waals surface area contributed by atoms with Crippen molar-refractivity contribution in [2.45, 2.75) is 50.0 Å². The van der Waals surface area contributed by atoms with Crippen LogP contribution < -0.4 is 5.32 Å². The largest absolute Gasteiger partial charge is 0.350 e. The number of amides is 2. The predicted octanol–water partition coefficient (Wildman–Crippen LogP) is 2.18. The van der Waals surface area contributed by atoms with Crippen LogP contribution in [0.5, 0.6) is 0 Å². The fraction of sp³-hybridized carbons (Fsp3) is 0.476. The Morgan fingerprint density at radius 3 is 2.70 bits per heavy atom. The monoisotopic (exact) mass is 364 g/mol. The summed E-state index contributed by atoms with van der Waals surface area (Å²) in [6.07, 6.45) is 5.46. The molecule has 3 aliphatic rings. The van der Waals surface area contributed by atoms with Gasteiger partial charge in [0.25, 0.3) is 5.91 Å². The molecule has 27 heavy (non-hydrogen) atoms. The van der Waals surface area contributed by atoms with Crippen molar-refractivity contribution in [3.8, 4) is 0 Å². The van der Waals surface area contributed by atoms with Crippen LogP contribution in [0.1, 0.15) is 58.9 Å². The number of aromatic nitrogens is 2. The molecule has 0 saturated carbocycles. The molecule has 140 valence electrons. The molecular formula is C21H24N4O2. The highest BCUT2D eigenvalue weighted by Gasteiger charge is 2.47. The van der Waals surface area contributed by atoms with Crippen molar-refractivity contribution in [1.29, 1.82) is 0 Å². The Hall–Kier alpha value is -2.63. The Labute approximate surface area is 158 Å². The van der Waals surface area contributed by atoms with E-state index in [1.54, 1.807) is 0 Å². The van der Waals surface area contributed by atoms with Crippen LogP contribution in [0.15, 0.2) is 30.3 Å². The SMILES string of the molecule is O=C1NC2(CCN(C(=O)c3n[nH]c4c3CCC4)CC2)C[C@@H]1c1ccccc1. The molecule has 5 rings (SSSR count). The molecule has 3 heterocycles. The van der Waals surface area contributed by atoms with E-state index in [4.69, 9.17) is 0 Å². The molecule has 1 aliphatic carbocycles. The third kappa shape index (κ3) is 2.74. The van der Waals surface area contributed by atoms with Crippen molar-refractivity contribution in [2.24, 2.45) is 0 Å². The van der Waals surface area contributed by atoms with Crippen molar-refractivity contribution in [3.05, 3.63) is 52.8 Å². The summed E-state index contributed by atoms with van der Waals surface area (Å²) < 4.78 is 0. The first-order valence-electron chi connectivity index (χ1n) is 9.88. The number of carbonyl (C=O) groups excluding carboxylic acids is 2. The normalized spacial score (nSPS) is 23.5. The minimum atomic E-state index is -0.179. The lowest BCUT2D eigenvalue weighted by molar-refractivity contribution is -0.121. The van der Waals surface area contributed by atoms with E-state index < -0.39 is 0 Å². The van der Waals surface area contributed by atoms with Crippen LogP contribution in [0.25, 0.3) is 0 Å². The van der Waals surface area contributed by atoms with Crippen LogP contribution in [0, 0.1) is 0 Å². The minimum Gasteiger partial charge on any atom is -0.350 e. The molecule has 0 radical (unpaired) electrons. The second-order valence-corrected chi connectivity index (χ2v) is 8.11. The molecule has 6 heteroatoms. The Morgan fingerprint density at radius 1 is 1.15 bits per heavy atom. The molecule has 1 aromatic heterocycles. The van der Waals surface area contributed by atoms with Gasteiger partial charge in [-0.1, -0.05) is 30.3 Å². The van der Waals surface area contributed by atoms with Crippen molar-refractivity contribution >= 4 is 11.8 Å². The van der Waals surface area contributed by atoms with E-state index in [0.29, 0.717) is 18.8 Å². The van der Waals surface area contributed by atoms with E-state index in [1.807, 2.05) is 35.2 Å². The summed E-state index contributed by atoms with van der Waals surface area (Å²) in [7, 11) is 0. The number of aryl methyl sites for hydroxylation is 1. The quantitative estimate of drug-likeness (QED) is 0.857. The first-order valence-corrected chi connectivity index (χ1v) is 9.88. The second-order valence-electron chi connectivity index (χ2n) is 8.11. The number of piperidine rings is 1. The summed E-state index contributed by atoms with van der Waals surface area (Å²) >= 11 is 0. The molecule has 2 aromatic rings. The number of hydrogen-bond acceptors (Lipinski definition) is 3. The van der Waals surface area contributed by atoms with Crippen molar-refractivity contribution in [3.63, 3.8) is 0 Å². The number of likely N-dealkylation sites (tertiary alicyclic amines) is 1. The van der Waals surface area contributed by atoms with Crippen LogP contribution in [0.4, 0.5) is 0 Å². The van der Waals surface area contributed by atoms with Crippen LogP contribution in [0.3, 0.4) is 0 Å². The standard InChI is InChI=1S/C21H24N4O2/c26-19-16(14-5-2-1-3-6-14)13-21(22-19)9-11-25(12-10-21)20(27)18-15-7-4-8-17(15)23-24-18/h1-3,5-6,16H,4,7-13H2,(H,22,26)(H,23,24)/t16-/m1/s1. The molecule has 1 atom stereocenters. The van der Waals surface area contributed by atoms with Crippen LogP contribution in [-0.4, -0.2) is 45.5 Å². The number of H-pyrrole nitrogens is 1. The summed E-state index contributed by atoms with van der Waals surface area (Å²) in [5.41, 5.74) is 3.75. The van der Waals surface area contributed by atoms with Gasteiger partial charge in [0, 0.05) is 29.9 Å². The maximum atomic E-state index is 12.9. The number of nitrogens with one attached hydrogen (secondary N) is 2. The molecular weight excluding hydrogens is 340 g/mol. The minimum absolute atomic E-state index is 0.0354. The van der Waals surface area contributed by atoms with Gasteiger partial charge in [-0.15, -0.1) is 0 Å². The molecule has 1 aromatic carbocycles. The van der Waals surface area contributed by atoms with Crippen molar-refractivity contribution in [2.75, 3.05) is 13.1 Å². The van der Waals surface area contributed by atoms with Gasteiger partial charge in [-0.3, -0.25) is 14.7 Å². The van der Waals surface area contributed by atoms with Gasteiger partial charge in [0.1, 0.15) is 0 Å². The lowest BCUT2D eigenvalue weighted by Gasteiger charge is -2.39. The first kappa shape index (κ1) is 16.5. The van der Waals surface area contributed by atoms with Crippen LogP contribution >= 0.6 is 0 Å². The molecule has 2 amide bonds. The first-order chi connectivity index (χ1) is 13.2. The lowest BCUT2D eigenvalue weighted by Crippen LogP contribution is -2.52. The highest BCUT2D eigenvalue weighted by Crippen LogP contribution is 2.39. The molecule has 0 unspecified atom stereocenters. The molecule has 0 bridgehead atoms. The number of hydrogen-bond donors (Lipinski definition) is 2. The molecule has 2 aliphatic heterocycles. The summed E-state index contributed by atoms with van der Waals surface area (Å²) in [4.78, 5) is 27.4. The van der Waals surface area contributed by atoms with Gasteiger partial charge >= 0.3 is 0 Å². The zero-order chi connectivity index (χ0) is 18.4. The van der Waals surface area contributed by atoms with E-state index in [1.165, 1.54) is 0 Å². The Kier molecular flexibility index (Phi) is 3.81. The fourth-order valence-electron chi connectivity index (χ4n) is 4.95. The molecule has 2 N–H and O–H groups in total. The molecule has 2 fully saturated rings. The molecule has 2 saturated heterocycles.